The number of sulfonamides is 1. The second-order valence-electron chi connectivity index (χ2n) is 3.45. The summed E-state index contributed by atoms with van der Waals surface area (Å²) in [5, 5.41) is 9.01. The number of nitrogens with one attached hydrogen (secondary N) is 1. The number of hydrogen-bond acceptors (Lipinski definition) is 5. The maximum absolute atomic E-state index is 12.1. The van der Waals surface area contributed by atoms with Crippen LogP contribution in [0.2, 0.25) is 0 Å². The Labute approximate surface area is 127 Å². The number of ether oxygens (including phenoxy) is 1. The molecule has 0 fully saturated rings. The molecule has 0 saturated carbocycles. The van der Waals surface area contributed by atoms with Crippen LogP contribution in [-0.4, -0.2) is 39.3 Å². The molecule has 6 nitrogen and oxygen atoms in total. The molecule has 1 aromatic carbocycles. The van der Waals surface area contributed by atoms with Gasteiger partial charge in [-0.3, -0.25) is 4.79 Å². The predicted octanol–water partition coefficient (Wildman–Crippen LogP) is 1.02. The smallest absolute Gasteiger partial charge is 0.326 e. The molecule has 0 spiro atoms. The van der Waals surface area contributed by atoms with Crippen LogP contribution in [0.25, 0.3) is 0 Å². The molecule has 19 heavy (non-hydrogen) atoms. The van der Waals surface area contributed by atoms with E-state index in [4.69, 9.17) is 5.11 Å². The lowest BCUT2D eigenvalue weighted by atomic mass is 10.3. The number of benzene rings is 1. The van der Waals surface area contributed by atoms with Gasteiger partial charge in [-0.2, -0.15) is 4.72 Å². The molecule has 0 unspecified atom stereocenters. The van der Waals surface area contributed by atoms with Gasteiger partial charge in [-0.25, -0.2) is 8.42 Å². The number of rotatable bonds is 5. The van der Waals surface area contributed by atoms with Gasteiger partial charge in [0.2, 0.25) is 10.0 Å². The molecular formula is C10H11Br2NO5S. The van der Waals surface area contributed by atoms with Crippen molar-refractivity contribution in [3.63, 3.8) is 0 Å². The third kappa shape index (κ3) is 4.25. The van der Waals surface area contributed by atoms with Gasteiger partial charge < -0.3 is 9.84 Å². The molecule has 1 rings (SSSR count). The zero-order valence-electron chi connectivity index (χ0n) is 9.76. The standard InChI is InChI=1S/C10H11Br2NO5S/c1-18-10(15)8(5-14)13-19(16,17)9-4-6(11)2-3-7(9)12/h2-4,8,13-14H,5H2,1H3/t8-/m0/s1. The molecule has 0 aliphatic rings. The van der Waals surface area contributed by atoms with Gasteiger partial charge in [0.15, 0.2) is 0 Å². The third-order valence-electron chi connectivity index (χ3n) is 2.15. The summed E-state index contributed by atoms with van der Waals surface area (Å²) in [6, 6.07) is 3.23. The van der Waals surface area contributed by atoms with Gasteiger partial charge in [-0.1, -0.05) is 15.9 Å². The van der Waals surface area contributed by atoms with E-state index < -0.39 is 28.6 Å². The summed E-state index contributed by atoms with van der Waals surface area (Å²) >= 11 is 6.27. The van der Waals surface area contributed by atoms with Crippen molar-refractivity contribution in [3.05, 3.63) is 27.1 Å². The fraction of sp³-hybridized carbons (Fsp3) is 0.300. The van der Waals surface area contributed by atoms with E-state index in [1.807, 2.05) is 0 Å². The molecule has 1 aromatic rings. The highest BCUT2D eigenvalue weighted by atomic mass is 79.9. The van der Waals surface area contributed by atoms with Crippen LogP contribution in [0.3, 0.4) is 0 Å². The number of halogens is 2. The number of carbonyl (C=O) groups is 1. The van der Waals surface area contributed by atoms with E-state index in [-0.39, 0.29) is 4.90 Å². The van der Waals surface area contributed by atoms with E-state index in [0.29, 0.717) is 8.95 Å². The zero-order chi connectivity index (χ0) is 14.6. The van der Waals surface area contributed by atoms with Crippen molar-refractivity contribution in [1.29, 1.82) is 0 Å². The SMILES string of the molecule is COC(=O)[C@H](CO)NS(=O)(=O)c1cc(Br)ccc1Br. The van der Waals surface area contributed by atoms with Crippen LogP contribution in [-0.2, 0) is 19.6 Å². The highest BCUT2D eigenvalue weighted by Crippen LogP contribution is 2.25. The maximum atomic E-state index is 12.1. The average Bonchev–Trinajstić information content (AvgIpc) is 2.37. The van der Waals surface area contributed by atoms with E-state index >= 15 is 0 Å². The van der Waals surface area contributed by atoms with Crippen LogP contribution in [0.15, 0.2) is 32.0 Å². The number of aliphatic hydroxyl groups is 1. The van der Waals surface area contributed by atoms with Crippen molar-refractivity contribution in [2.45, 2.75) is 10.9 Å². The summed E-state index contributed by atoms with van der Waals surface area (Å²) in [5.41, 5.74) is 0. The molecule has 0 radical (unpaired) electrons. The van der Waals surface area contributed by atoms with Gasteiger partial charge in [0.1, 0.15) is 6.04 Å². The van der Waals surface area contributed by atoms with Crippen molar-refractivity contribution >= 4 is 47.9 Å². The second-order valence-corrected chi connectivity index (χ2v) is 6.91. The van der Waals surface area contributed by atoms with Gasteiger partial charge in [-0.15, -0.1) is 0 Å². The van der Waals surface area contributed by atoms with Crippen molar-refractivity contribution in [1.82, 2.24) is 4.72 Å². The van der Waals surface area contributed by atoms with Crippen molar-refractivity contribution in [2.75, 3.05) is 13.7 Å². The Hall–Kier alpha value is -0.480. The van der Waals surface area contributed by atoms with E-state index in [1.54, 1.807) is 12.1 Å². The fourth-order valence-corrected chi connectivity index (χ4v) is 3.91. The molecular weight excluding hydrogens is 406 g/mol. The van der Waals surface area contributed by atoms with Gasteiger partial charge in [0, 0.05) is 8.95 Å². The van der Waals surface area contributed by atoms with Crippen LogP contribution in [0.1, 0.15) is 0 Å². The van der Waals surface area contributed by atoms with Crippen LogP contribution in [0, 0.1) is 0 Å². The van der Waals surface area contributed by atoms with Crippen LogP contribution in [0.4, 0.5) is 0 Å². The lowest BCUT2D eigenvalue weighted by Gasteiger charge is -2.15. The van der Waals surface area contributed by atoms with E-state index in [0.717, 1.165) is 7.11 Å². The maximum Gasteiger partial charge on any atom is 0.326 e. The molecule has 0 bridgehead atoms. The van der Waals surface area contributed by atoms with Gasteiger partial charge >= 0.3 is 5.97 Å². The van der Waals surface area contributed by atoms with Gasteiger partial charge in [-0.05, 0) is 34.1 Å². The van der Waals surface area contributed by atoms with Crippen molar-refractivity contribution in [2.24, 2.45) is 0 Å². The minimum absolute atomic E-state index is 0.0516. The Kier molecular flexibility index (Phi) is 5.93. The summed E-state index contributed by atoms with van der Waals surface area (Å²) in [5.74, 6) is -0.864. The highest BCUT2D eigenvalue weighted by Gasteiger charge is 2.27. The molecule has 1 atom stereocenters. The Morgan fingerprint density at radius 1 is 1.47 bits per heavy atom. The lowest BCUT2D eigenvalue weighted by Crippen LogP contribution is -2.44. The Morgan fingerprint density at radius 3 is 2.63 bits per heavy atom. The first-order valence-corrected chi connectivity index (χ1v) is 8.05. The lowest BCUT2D eigenvalue weighted by molar-refractivity contribution is -0.143. The first-order chi connectivity index (χ1) is 8.81. The first-order valence-electron chi connectivity index (χ1n) is 4.98. The average molecular weight is 417 g/mol. The fourth-order valence-electron chi connectivity index (χ4n) is 1.24. The molecule has 0 heterocycles. The quantitative estimate of drug-likeness (QED) is 0.699. The summed E-state index contributed by atoms with van der Waals surface area (Å²) < 4.78 is 31.6. The zero-order valence-corrected chi connectivity index (χ0v) is 13.7. The van der Waals surface area contributed by atoms with E-state index in [1.165, 1.54) is 6.07 Å². The molecule has 0 amide bonds. The van der Waals surface area contributed by atoms with E-state index in [2.05, 4.69) is 41.3 Å². The topological polar surface area (TPSA) is 92.7 Å². The number of carbonyl (C=O) groups excluding carboxylic acids is 1. The molecule has 0 aromatic heterocycles. The van der Waals surface area contributed by atoms with Crippen LogP contribution in [0.5, 0.6) is 0 Å². The summed E-state index contributed by atoms with van der Waals surface area (Å²) in [7, 11) is -2.86. The minimum atomic E-state index is -3.97. The summed E-state index contributed by atoms with van der Waals surface area (Å²) in [6.45, 7) is -0.697. The molecule has 9 heteroatoms. The Bertz CT molecular complexity index is 575. The van der Waals surface area contributed by atoms with E-state index in [9.17, 15) is 13.2 Å². The Morgan fingerprint density at radius 2 is 2.11 bits per heavy atom. The van der Waals surface area contributed by atoms with Crippen molar-refractivity contribution < 1.29 is 23.1 Å². The molecule has 2 N–H and O–H groups in total. The molecule has 0 saturated heterocycles. The summed E-state index contributed by atoms with van der Waals surface area (Å²) in [6.07, 6.45) is 0. The number of esters is 1. The third-order valence-corrected chi connectivity index (χ3v) is 5.11. The number of aliphatic hydroxyl groups excluding tert-OH is 1. The van der Waals surface area contributed by atoms with Crippen LogP contribution < -0.4 is 4.72 Å². The van der Waals surface area contributed by atoms with Gasteiger partial charge in [0.25, 0.3) is 0 Å². The first kappa shape index (κ1) is 16.6. The highest BCUT2D eigenvalue weighted by molar-refractivity contribution is 9.11. The normalized spacial score (nSPS) is 13.1. The Balaban J connectivity index is 3.10. The molecule has 106 valence electrons. The number of hydrogen-bond donors (Lipinski definition) is 2. The molecule has 0 aliphatic heterocycles. The molecule has 0 aliphatic carbocycles. The monoisotopic (exact) mass is 415 g/mol. The largest absolute Gasteiger partial charge is 0.468 e. The van der Waals surface area contributed by atoms with Crippen LogP contribution >= 0.6 is 31.9 Å². The summed E-state index contributed by atoms with van der Waals surface area (Å²) in [4.78, 5) is 11.2. The van der Waals surface area contributed by atoms with Gasteiger partial charge in [0.05, 0.1) is 18.6 Å². The minimum Gasteiger partial charge on any atom is -0.468 e. The number of methoxy groups -OCH3 is 1. The van der Waals surface area contributed by atoms with Crippen molar-refractivity contribution in [3.8, 4) is 0 Å². The second kappa shape index (κ2) is 6.80. The predicted molar refractivity (Wildman–Crippen MR) is 75.1 cm³/mol.